The van der Waals surface area contributed by atoms with E-state index in [9.17, 15) is 8.76 Å². The molecular formula is C2H4NO2S-. The summed E-state index contributed by atoms with van der Waals surface area (Å²) in [4.78, 5) is 0. The number of hydrogen-bond acceptors (Lipinski definition) is 3. The van der Waals surface area contributed by atoms with Gasteiger partial charge in [-0.05, 0) is 11.1 Å². The Morgan fingerprint density at radius 2 is 2.50 bits per heavy atom. The molecule has 4 heteroatoms. The third kappa shape index (κ3) is 3.78. The van der Waals surface area contributed by atoms with Crippen LogP contribution >= 0.6 is 0 Å². The van der Waals surface area contributed by atoms with Crippen LogP contribution in [0.3, 0.4) is 0 Å². The van der Waals surface area contributed by atoms with Crippen molar-refractivity contribution >= 4 is 17.3 Å². The predicted octanol–water partition coefficient (Wildman–Crippen LogP) is -0.485. The van der Waals surface area contributed by atoms with E-state index < -0.39 is 11.1 Å². The van der Waals surface area contributed by atoms with Gasteiger partial charge in [0.25, 0.3) is 0 Å². The molecule has 0 aliphatic heterocycles. The summed E-state index contributed by atoms with van der Waals surface area (Å²) in [5.41, 5.74) is 0. The van der Waals surface area contributed by atoms with E-state index in [0.29, 0.717) is 0 Å². The topological polar surface area (TPSA) is 64.0 Å². The summed E-state index contributed by atoms with van der Waals surface area (Å²) >= 11 is -2.06. The second-order valence-corrected chi connectivity index (χ2v) is 1.62. The molecule has 0 bridgehead atoms. The fraction of sp³-hybridized carbons (Fsp3) is 0.500. The van der Waals surface area contributed by atoms with Crippen molar-refractivity contribution in [2.24, 2.45) is 0 Å². The van der Waals surface area contributed by atoms with Gasteiger partial charge in [-0.2, -0.15) is 0 Å². The average Bonchev–Trinajstić information content (AvgIpc) is 1.35. The first kappa shape index (κ1) is 5.78. The standard InChI is InChI=1S/C2H5NO2S/c3-1-2-6(4)5/h1,3H,2H2,(H,4,5)/p-1. The fourth-order valence-corrected chi connectivity index (χ4v) is 0.204. The normalized spacial score (nSPS) is 13.5. The Morgan fingerprint density at radius 3 is 2.50 bits per heavy atom. The second-order valence-electron chi connectivity index (χ2n) is 0.675. The molecule has 0 radical (unpaired) electrons. The Balaban J connectivity index is 3.05. The highest BCUT2D eigenvalue weighted by Crippen LogP contribution is 1.62. The van der Waals surface area contributed by atoms with Crippen LogP contribution in [0.4, 0.5) is 0 Å². The maximum atomic E-state index is 9.45. The number of rotatable bonds is 2. The maximum Gasteiger partial charge on any atom is 0.0449 e. The minimum Gasteiger partial charge on any atom is -0.772 e. The van der Waals surface area contributed by atoms with E-state index in [4.69, 9.17) is 5.41 Å². The highest BCUT2D eigenvalue weighted by Gasteiger charge is 1.68. The highest BCUT2D eigenvalue weighted by atomic mass is 32.2. The third-order valence-electron chi connectivity index (χ3n) is 0.219. The van der Waals surface area contributed by atoms with Crippen LogP contribution in [0, 0.1) is 5.41 Å². The quantitative estimate of drug-likeness (QED) is 0.381. The lowest BCUT2D eigenvalue weighted by Crippen LogP contribution is -1.93. The first-order chi connectivity index (χ1) is 2.77. The average molecular weight is 106 g/mol. The van der Waals surface area contributed by atoms with Gasteiger partial charge >= 0.3 is 0 Å². The van der Waals surface area contributed by atoms with Gasteiger partial charge in [-0.1, -0.05) is 0 Å². The minimum absolute atomic E-state index is 0.167. The van der Waals surface area contributed by atoms with Crippen molar-refractivity contribution in [3.05, 3.63) is 0 Å². The van der Waals surface area contributed by atoms with E-state index in [2.05, 4.69) is 0 Å². The van der Waals surface area contributed by atoms with Gasteiger partial charge in [-0.3, -0.25) is 4.21 Å². The largest absolute Gasteiger partial charge is 0.772 e. The smallest absolute Gasteiger partial charge is 0.0449 e. The van der Waals surface area contributed by atoms with Crippen LogP contribution in [0.15, 0.2) is 0 Å². The van der Waals surface area contributed by atoms with Crippen LogP contribution in [-0.4, -0.2) is 20.7 Å². The van der Waals surface area contributed by atoms with Crippen molar-refractivity contribution in [1.82, 2.24) is 0 Å². The molecule has 0 amide bonds. The third-order valence-corrected chi connectivity index (χ3v) is 0.658. The van der Waals surface area contributed by atoms with Gasteiger partial charge in [0.2, 0.25) is 0 Å². The van der Waals surface area contributed by atoms with Gasteiger partial charge in [0, 0.05) is 12.0 Å². The predicted molar refractivity (Wildman–Crippen MR) is 22.6 cm³/mol. The summed E-state index contributed by atoms with van der Waals surface area (Å²) in [5, 5.41) is 6.22. The van der Waals surface area contributed by atoms with Crippen molar-refractivity contribution in [1.29, 1.82) is 5.41 Å². The van der Waals surface area contributed by atoms with E-state index in [-0.39, 0.29) is 5.75 Å². The zero-order chi connectivity index (χ0) is 4.99. The van der Waals surface area contributed by atoms with E-state index >= 15 is 0 Å². The molecule has 0 aromatic rings. The molecule has 1 atom stereocenters. The summed E-state index contributed by atoms with van der Waals surface area (Å²) in [5.74, 6) is -0.167. The molecule has 0 aliphatic rings. The lowest BCUT2D eigenvalue weighted by Gasteiger charge is -1.94. The summed E-state index contributed by atoms with van der Waals surface area (Å²) < 4.78 is 18.9. The van der Waals surface area contributed by atoms with Crippen molar-refractivity contribution in [3.63, 3.8) is 0 Å². The van der Waals surface area contributed by atoms with E-state index in [1.807, 2.05) is 0 Å². The fourth-order valence-electron chi connectivity index (χ4n) is 0.0680. The molecule has 6 heavy (non-hydrogen) atoms. The van der Waals surface area contributed by atoms with Crippen molar-refractivity contribution in [3.8, 4) is 0 Å². The van der Waals surface area contributed by atoms with Crippen LogP contribution in [-0.2, 0) is 11.1 Å². The molecule has 1 N–H and O–H groups in total. The van der Waals surface area contributed by atoms with E-state index in [1.165, 1.54) is 0 Å². The molecule has 0 heterocycles. The van der Waals surface area contributed by atoms with Crippen LogP contribution in [0.25, 0.3) is 0 Å². The summed E-state index contributed by atoms with van der Waals surface area (Å²) in [6, 6.07) is 0. The molecule has 0 aliphatic carbocycles. The Bertz CT molecular complexity index is 71.9. The first-order valence-electron chi connectivity index (χ1n) is 1.32. The lowest BCUT2D eigenvalue weighted by atomic mass is 10.9. The van der Waals surface area contributed by atoms with Gasteiger partial charge in [0.05, 0.1) is 0 Å². The molecule has 0 aromatic carbocycles. The van der Waals surface area contributed by atoms with Gasteiger partial charge in [0.1, 0.15) is 0 Å². The van der Waals surface area contributed by atoms with Crippen LogP contribution in [0.2, 0.25) is 0 Å². The second kappa shape index (κ2) is 2.99. The van der Waals surface area contributed by atoms with Crippen LogP contribution in [0.1, 0.15) is 0 Å². The van der Waals surface area contributed by atoms with Crippen molar-refractivity contribution < 1.29 is 8.76 Å². The van der Waals surface area contributed by atoms with E-state index in [0.717, 1.165) is 6.21 Å². The van der Waals surface area contributed by atoms with Gasteiger partial charge in [-0.25, -0.2) is 0 Å². The summed E-state index contributed by atoms with van der Waals surface area (Å²) in [6.45, 7) is 0. The zero-order valence-electron chi connectivity index (χ0n) is 3.01. The minimum atomic E-state index is -2.06. The summed E-state index contributed by atoms with van der Waals surface area (Å²) in [6.07, 6.45) is 0.836. The monoisotopic (exact) mass is 106 g/mol. The Morgan fingerprint density at radius 1 is 2.00 bits per heavy atom. The van der Waals surface area contributed by atoms with Gasteiger partial charge in [-0.15, -0.1) is 0 Å². The molecule has 1 unspecified atom stereocenters. The SMILES string of the molecule is N=CCS(=O)[O-]. The lowest BCUT2D eigenvalue weighted by molar-refractivity contribution is 0.541. The highest BCUT2D eigenvalue weighted by molar-refractivity contribution is 7.79. The number of nitrogens with one attached hydrogen (secondary N) is 1. The molecular weight excluding hydrogens is 102 g/mol. The zero-order valence-corrected chi connectivity index (χ0v) is 3.83. The van der Waals surface area contributed by atoms with Crippen molar-refractivity contribution in [2.75, 3.05) is 5.75 Å². The molecule has 0 saturated carbocycles. The Kier molecular flexibility index (Phi) is 2.88. The molecule has 3 nitrogen and oxygen atoms in total. The summed E-state index contributed by atoms with van der Waals surface area (Å²) in [7, 11) is 0. The first-order valence-corrected chi connectivity index (χ1v) is 2.56. The molecule has 0 fully saturated rings. The van der Waals surface area contributed by atoms with E-state index in [1.54, 1.807) is 0 Å². The van der Waals surface area contributed by atoms with Crippen LogP contribution < -0.4 is 0 Å². The molecule has 0 spiro atoms. The Hall–Kier alpha value is -0.220. The van der Waals surface area contributed by atoms with Crippen LogP contribution in [0.5, 0.6) is 0 Å². The molecule has 36 valence electrons. The number of hydrogen-bond donors (Lipinski definition) is 1. The van der Waals surface area contributed by atoms with Gasteiger partial charge in [0.15, 0.2) is 0 Å². The molecule has 0 aromatic heterocycles. The maximum absolute atomic E-state index is 9.45. The Labute approximate surface area is 38.2 Å². The molecule has 0 saturated heterocycles. The van der Waals surface area contributed by atoms with Crippen molar-refractivity contribution in [2.45, 2.75) is 0 Å². The van der Waals surface area contributed by atoms with Gasteiger partial charge < -0.3 is 9.96 Å². The molecule has 0 rings (SSSR count).